The molecule has 0 saturated heterocycles. The highest BCUT2D eigenvalue weighted by atomic mass is 35.5. The maximum Gasteiger partial charge on any atom is 0.337 e. The van der Waals surface area contributed by atoms with Gasteiger partial charge in [0.1, 0.15) is 17.1 Å². The molecule has 0 spiro atoms. The normalized spacial score (nSPS) is 21.9. The third-order valence-corrected chi connectivity index (χ3v) is 6.20. The van der Waals surface area contributed by atoms with E-state index < -0.39 is 11.5 Å². The average molecular weight is 480 g/mol. The maximum absolute atomic E-state index is 13.7. The lowest BCUT2D eigenvalue weighted by Gasteiger charge is -2.35. The van der Waals surface area contributed by atoms with Gasteiger partial charge in [-0.1, -0.05) is 12.1 Å². The Morgan fingerprint density at radius 1 is 1.09 bits per heavy atom. The molecular formula is C25H31ClFNO5. The van der Waals surface area contributed by atoms with Crippen LogP contribution in [0.25, 0.3) is 0 Å². The Balaban J connectivity index is 0.00000385. The summed E-state index contributed by atoms with van der Waals surface area (Å²) in [5.41, 5.74) is 0.995. The quantitative estimate of drug-likeness (QED) is 0.584. The number of hydrogen-bond acceptors (Lipinski definition) is 6. The summed E-state index contributed by atoms with van der Waals surface area (Å²) in [6.07, 6.45) is 1.06. The molecule has 1 N–H and O–H groups in total. The molecule has 6 nitrogen and oxygen atoms in total. The van der Waals surface area contributed by atoms with Crippen LogP contribution in [0.2, 0.25) is 0 Å². The number of carbonyl (C=O) groups is 2. The molecule has 0 unspecified atom stereocenters. The molecular weight excluding hydrogens is 449 g/mol. The van der Waals surface area contributed by atoms with E-state index in [1.54, 1.807) is 37.4 Å². The summed E-state index contributed by atoms with van der Waals surface area (Å²) in [6, 6.07) is 11.4. The fraction of sp³-hybridized carbons (Fsp3) is 0.440. The molecule has 0 aliphatic heterocycles. The van der Waals surface area contributed by atoms with Crippen molar-refractivity contribution < 1.29 is 28.2 Å². The van der Waals surface area contributed by atoms with Gasteiger partial charge in [0.25, 0.3) is 0 Å². The van der Waals surface area contributed by atoms with Crippen LogP contribution in [0.3, 0.4) is 0 Å². The molecule has 0 amide bonds. The second-order valence-electron chi connectivity index (χ2n) is 8.30. The summed E-state index contributed by atoms with van der Waals surface area (Å²) >= 11 is 0. The van der Waals surface area contributed by atoms with Crippen molar-refractivity contribution in [3.63, 3.8) is 0 Å². The highest BCUT2D eigenvalue weighted by Gasteiger charge is 2.55. The van der Waals surface area contributed by atoms with Crippen molar-refractivity contribution in [2.75, 3.05) is 21.3 Å². The predicted octanol–water partition coefficient (Wildman–Crippen LogP) is 4.61. The molecule has 1 aliphatic carbocycles. The van der Waals surface area contributed by atoms with E-state index in [1.165, 1.54) is 26.4 Å². The Kier molecular flexibility index (Phi) is 8.86. The lowest BCUT2D eigenvalue weighted by molar-refractivity contribution is -0.149. The minimum atomic E-state index is -1.01. The molecule has 1 aliphatic rings. The smallest absolute Gasteiger partial charge is 0.337 e. The third-order valence-electron chi connectivity index (χ3n) is 6.20. The van der Waals surface area contributed by atoms with Crippen molar-refractivity contribution in [3.05, 3.63) is 65.0 Å². The summed E-state index contributed by atoms with van der Waals surface area (Å²) in [5.74, 6) is -1.11. The first-order valence-electron chi connectivity index (χ1n) is 10.7. The first-order chi connectivity index (χ1) is 15.3. The van der Waals surface area contributed by atoms with Gasteiger partial charge in [-0.05, 0) is 81.1 Å². The number of ether oxygens (including phenoxy) is 3. The number of rotatable bonds is 7. The van der Waals surface area contributed by atoms with Crippen LogP contribution < -0.4 is 10.1 Å². The van der Waals surface area contributed by atoms with Gasteiger partial charge in [-0.25, -0.2) is 9.18 Å². The maximum atomic E-state index is 13.7. The topological polar surface area (TPSA) is 73.9 Å². The van der Waals surface area contributed by atoms with Crippen molar-refractivity contribution in [1.82, 2.24) is 5.32 Å². The molecule has 2 aromatic carbocycles. The van der Waals surface area contributed by atoms with E-state index in [0.29, 0.717) is 24.2 Å². The fourth-order valence-corrected chi connectivity index (χ4v) is 4.81. The molecule has 0 aromatic heterocycles. The third kappa shape index (κ3) is 5.14. The van der Waals surface area contributed by atoms with Gasteiger partial charge in [-0.15, -0.1) is 12.4 Å². The number of carbonyl (C=O) groups excluding carboxylic acids is 2. The van der Waals surface area contributed by atoms with E-state index in [9.17, 15) is 14.0 Å². The van der Waals surface area contributed by atoms with E-state index in [2.05, 4.69) is 5.32 Å². The Hall–Kier alpha value is -2.64. The first-order valence-corrected chi connectivity index (χ1v) is 10.7. The van der Waals surface area contributed by atoms with Gasteiger partial charge in [0, 0.05) is 5.92 Å². The summed E-state index contributed by atoms with van der Waals surface area (Å²) in [6.45, 7) is 3.85. The second-order valence-corrected chi connectivity index (χ2v) is 8.30. The van der Waals surface area contributed by atoms with Gasteiger partial charge in [-0.2, -0.15) is 0 Å². The molecule has 2 aromatic rings. The lowest BCUT2D eigenvalue weighted by Crippen LogP contribution is -2.53. The standard InChI is InChI=1S/C25H30FNO5.ClH/c1-15(2)32-21-11-8-17(23(28)30-4)14-20(21)19-12-13-25(27-3,24(29)31-5)22(19)16-6-9-18(26)10-7-16;/h6-11,14-15,19,22,27H,12-13H2,1-5H3;1H/t19-,22-,25+;/m1./s1. The SMILES string of the molecule is CN[C@@]1(C(=O)OC)CC[C@H](c2cc(C(=O)OC)ccc2OC(C)C)[C@H]1c1ccc(F)cc1.Cl. The van der Waals surface area contributed by atoms with Crippen molar-refractivity contribution in [2.45, 2.75) is 50.2 Å². The van der Waals surface area contributed by atoms with Gasteiger partial charge in [0.15, 0.2) is 0 Å². The molecule has 33 heavy (non-hydrogen) atoms. The summed E-state index contributed by atoms with van der Waals surface area (Å²) < 4.78 is 29.9. The summed E-state index contributed by atoms with van der Waals surface area (Å²) in [4.78, 5) is 25.3. The zero-order valence-corrected chi connectivity index (χ0v) is 20.3. The average Bonchev–Trinajstić information content (AvgIpc) is 3.19. The molecule has 0 bridgehead atoms. The van der Waals surface area contributed by atoms with Gasteiger partial charge >= 0.3 is 11.9 Å². The Morgan fingerprint density at radius 3 is 2.30 bits per heavy atom. The number of hydrogen-bond donors (Lipinski definition) is 1. The van der Waals surface area contributed by atoms with Gasteiger partial charge in [0.2, 0.25) is 0 Å². The summed E-state index contributed by atoms with van der Waals surface area (Å²) in [5, 5.41) is 3.20. The number of nitrogens with one attached hydrogen (secondary N) is 1. The van der Waals surface area contributed by atoms with E-state index in [-0.39, 0.29) is 42.1 Å². The van der Waals surface area contributed by atoms with Gasteiger partial charge in [-0.3, -0.25) is 4.79 Å². The number of benzene rings is 2. The van der Waals surface area contributed by atoms with Crippen LogP contribution in [0.1, 0.15) is 60.0 Å². The highest BCUT2D eigenvalue weighted by molar-refractivity contribution is 5.90. The van der Waals surface area contributed by atoms with Crippen molar-refractivity contribution in [2.24, 2.45) is 0 Å². The Morgan fingerprint density at radius 2 is 1.76 bits per heavy atom. The van der Waals surface area contributed by atoms with E-state index >= 15 is 0 Å². The zero-order valence-electron chi connectivity index (χ0n) is 19.5. The fourth-order valence-electron chi connectivity index (χ4n) is 4.81. The second kappa shape index (κ2) is 11.0. The van der Waals surface area contributed by atoms with Gasteiger partial charge < -0.3 is 19.5 Å². The minimum Gasteiger partial charge on any atom is -0.491 e. The Labute approximate surface area is 200 Å². The van der Waals surface area contributed by atoms with Crippen LogP contribution in [-0.2, 0) is 14.3 Å². The molecule has 180 valence electrons. The monoisotopic (exact) mass is 479 g/mol. The molecule has 0 radical (unpaired) electrons. The molecule has 3 atom stereocenters. The zero-order chi connectivity index (χ0) is 23.5. The van der Waals surface area contributed by atoms with E-state index in [1.807, 2.05) is 13.8 Å². The van der Waals surface area contributed by atoms with E-state index in [0.717, 1.165) is 11.1 Å². The molecule has 1 saturated carbocycles. The number of esters is 2. The number of likely N-dealkylation sites (N-methyl/N-ethyl adjacent to an activating group) is 1. The number of halogens is 2. The first kappa shape index (κ1) is 26.6. The predicted molar refractivity (Wildman–Crippen MR) is 126 cm³/mol. The van der Waals surface area contributed by atoms with Crippen molar-refractivity contribution in [3.8, 4) is 5.75 Å². The number of methoxy groups -OCH3 is 2. The van der Waals surface area contributed by atoms with E-state index in [4.69, 9.17) is 14.2 Å². The molecule has 0 heterocycles. The lowest BCUT2D eigenvalue weighted by atomic mass is 9.75. The Bertz CT molecular complexity index is 981. The van der Waals surface area contributed by atoms with Crippen LogP contribution >= 0.6 is 12.4 Å². The largest absolute Gasteiger partial charge is 0.491 e. The molecule has 8 heteroatoms. The highest BCUT2D eigenvalue weighted by Crippen LogP contribution is 2.54. The van der Waals surface area contributed by atoms with Gasteiger partial charge in [0.05, 0.1) is 25.9 Å². The molecule has 1 fully saturated rings. The van der Waals surface area contributed by atoms with Crippen molar-refractivity contribution in [1.29, 1.82) is 0 Å². The minimum absolute atomic E-state index is 0. The van der Waals surface area contributed by atoms with Crippen LogP contribution in [0.5, 0.6) is 5.75 Å². The van der Waals surface area contributed by atoms with Crippen LogP contribution in [0, 0.1) is 5.82 Å². The van der Waals surface area contributed by atoms with Crippen LogP contribution in [-0.4, -0.2) is 44.8 Å². The van der Waals surface area contributed by atoms with Crippen molar-refractivity contribution >= 4 is 24.3 Å². The molecule has 3 rings (SSSR count). The van der Waals surface area contributed by atoms with Crippen LogP contribution in [0.15, 0.2) is 42.5 Å². The van der Waals surface area contributed by atoms with Crippen LogP contribution in [0.4, 0.5) is 4.39 Å². The summed E-state index contributed by atoms with van der Waals surface area (Å²) in [7, 11) is 4.43.